The van der Waals surface area contributed by atoms with E-state index >= 15 is 0 Å². The quantitative estimate of drug-likeness (QED) is 0.167. The van der Waals surface area contributed by atoms with Crippen molar-refractivity contribution in [1.82, 2.24) is 31.1 Å². The number of hydrogen-bond donors (Lipinski definition) is 4. The Kier molecular flexibility index (Phi) is 14.3. The van der Waals surface area contributed by atoms with Gasteiger partial charge < -0.3 is 31.1 Å². The van der Waals surface area contributed by atoms with Crippen LogP contribution in [0.4, 0.5) is 4.79 Å². The van der Waals surface area contributed by atoms with Gasteiger partial charge in [0, 0.05) is 25.7 Å². The molecule has 0 bridgehead atoms. The third kappa shape index (κ3) is 11.7. The summed E-state index contributed by atoms with van der Waals surface area (Å²) in [5.74, 6) is -2.30. The number of urea groups is 1. The third-order valence-corrected chi connectivity index (χ3v) is 9.34. The molecule has 5 amide bonds. The second kappa shape index (κ2) is 16.7. The number of likely N-dealkylation sites (tertiary alicyclic amines) is 2. The van der Waals surface area contributed by atoms with Gasteiger partial charge in [0.1, 0.15) is 12.1 Å². The highest BCUT2D eigenvalue weighted by molar-refractivity contribution is 6.38. The Morgan fingerprint density at radius 3 is 2.11 bits per heavy atom. The first-order valence-corrected chi connectivity index (χ1v) is 17.1. The zero-order valence-electron chi connectivity index (χ0n) is 30.0. The molecule has 0 aromatic rings. The predicted octanol–water partition coefficient (Wildman–Crippen LogP) is 3.77. The molecule has 4 unspecified atom stereocenters. The lowest BCUT2D eigenvalue weighted by Gasteiger charge is -2.41. The van der Waals surface area contributed by atoms with Gasteiger partial charge in [0.15, 0.2) is 0 Å². The predicted molar refractivity (Wildman–Crippen MR) is 182 cm³/mol. The van der Waals surface area contributed by atoms with Crippen LogP contribution in [0.25, 0.3) is 0 Å². The molecular weight excluding hydrogens is 584 g/mol. The maximum Gasteiger partial charge on any atom is 0.315 e. The number of hydrogen-bond acceptors (Lipinski definition) is 6. The summed E-state index contributed by atoms with van der Waals surface area (Å²) in [7, 11) is 0. The van der Waals surface area contributed by atoms with E-state index in [4.69, 9.17) is 0 Å². The van der Waals surface area contributed by atoms with Gasteiger partial charge in [-0.05, 0) is 61.4 Å². The molecule has 2 rings (SSSR count). The molecule has 4 N–H and O–H groups in total. The first-order chi connectivity index (χ1) is 21.3. The zero-order chi connectivity index (χ0) is 34.9. The van der Waals surface area contributed by atoms with Crippen LogP contribution in [0.5, 0.6) is 0 Å². The van der Waals surface area contributed by atoms with Gasteiger partial charge >= 0.3 is 6.03 Å². The summed E-state index contributed by atoms with van der Waals surface area (Å²) in [5.41, 5.74) is -0.524. The van der Waals surface area contributed by atoms with Crippen LogP contribution in [0.3, 0.4) is 0 Å². The van der Waals surface area contributed by atoms with Crippen molar-refractivity contribution in [3.8, 4) is 0 Å². The van der Waals surface area contributed by atoms with Crippen molar-refractivity contribution >= 4 is 29.5 Å². The average Bonchev–Trinajstić information content (AvgIpc) is 3.46. The van der Waals surface area contributed by atoms with E-state index < -0.39 is 47.2 Å². The molecule has 2 saturated heterocycles. The summed E-state index contributed by atoms with van der Waals surface area (Å²) < 4.78 is 0. The Bertz CT molecular complexity index is 1080. The van der Waals surface area contributed by atoms with Gasteiger partial charge in [-0.25, -0.2) is 4.79 Å². The van der Waals surface area contributed by atoms with Crippen LogP contribution >= 0.6 is 0 Å². The number of nitrogens with one attached hydrogen (secondary N) is 4. The number of Topliss-reactive ketones (excluding diaryl/α,β-unsaturated/α-hetero) is 1. The normalized spacial score (nSPS) is 20.6. The minimum absolute atomic E-state index is 0.143. The van der Waals surface area contributed by atoms with E-state index in [0.29, 0.717) is 37.6 Å². The zero-order valence-corrected chi connectivity index (χ0v) is 30.0. The molecule has 0 aromatic heterocycles. The van der Waals surface area contributed by atoms with E-state index in [1.54, 1.807) is 0 Å². The monoisotopic (exact) mass is 646 g/mol. The molecule has 2 fully saturated rings. The minimum Gasteiger partial charge on any atom is -0.346 e. The SMILES string of the molecule is C=CCNC(=O)C(=O)C(CCCC)NC(=O)C1CCCN1C(=O)C(NC(=O)NC(CN1CCC(C)(C)CC1)C(C)(C)C)C(C)(C)C. The highest BCUT2D eigenvalue weighted by Gasteiger charge is 2.43. The van der Waals surface area contributed by atoms with E-state index in [1.807, 2.05) is 27.7 Å². The van der Waals surface area contributed by atoms with Crippen molar-refractivity contribution in [2.24, 2.45) is 16.2 Å². The Hall–Kier alpha value is -2.95. The summed E-state index contributed by atoms with van der Waals surface area (Å²) in [6.07, 6.45) is 6.49. The molecule has 0 aromatic carbocycles. The molecule has 0 aliphatic carbocycles. The second-order valence-electron chi connectivity index (χ2n) is 16.1. The maximum atomic E-state index is 14.1. The number of carbonyl (C=O) groups is 5. The number of nitrogens with zero attached hydrogens (tertiary/aromatic N) is 2. The van der Waals surface area contributed by atoms with Gasteiger partial charge in [-0.15, -0.1) is 6.58 Å². The summed E-state index contributed by atoms with van der Waals surface area (Å²) in [6.45, 7) is 25.3. The molecule has 0 spiro atoms. The van der Waals surface area contributed by atoms with Crippen molar-refractivity contribution in [3.05, 3.63) is 12.7 Å². The van der Waals surface area contributed by atoms with E-state index in [-0.39, 0.29) is 23.9 Å². The molecule has 46 heavy (non-hydrogen) atoms. The number of rotatable bonds is 14. The van der Waals surface area contributed by atoms with Crippen LogP contribution in [-0.2, 0) is 19.2 Å². The van der Waals surface area contributed by atoms with Crippen LogP contribution in [0.1, 0.15) is 107 Å². The first kappa shape index (κ1) is 39.2. The lowest BCUT2D eigenvalue weighted by Crippen LogP contribution is -2.62. The first-order valence-electron chi connectivity index (χ1n) is 17.1. The standard InChI is InChI=1S/C35H62N6O5/c1-11-13-15-24(27(42)30(44)36-19-12-2)37-29(43)25-16-14-20-41(25)31(45)28(34(6,7)8)39-32(46)38-26(33(3,4)5)23-40-21-17-35(9,10)18-22-40/h12,24-26,28H,2,11,13-23H2,1,3-10H3,(H,36,44)(H,37,43)(H2,38,39,46). The van der Waals surface area contributed by atoms with Crippen LogP contribution < -0.4 is 21.3 Å². The number of piperidine rings is 1. The van der Waals surface area contributed by atoms with Crippen molar-refractivity contribution in [1.29, 1.82) is 0 Å². The van der Waals surface area contributed by atoms with Crippen LogP contribution in [0, 0.1) is 16.2 Å². The summed E-state index contributed by atoms with van der Waals surface area (Å²) >= 11 is 0. The van der Waals surface area contributed by atoms with E-state index in [0.717, 1.165) is 38.9 Å². The molecule has 0 saturated carbocycles. The lowest BCUT2D eigenvalue weighted by molar-refractivity contribution is -0.143. The fourth-order valence-corrected chi connectivity index (χ4v) is 5.94. The fraction of sp³-hybridized carbons (Fsp3) is 0.800. The molecule has 2 heterocycles. The average molecular weight is 647 g/mol. The minimum atomic E-state index is -0.988. The largest absolute Gasteiger partial charge is 0.346 e. The van der Waals surface area contributed by atoms with Crippen molar-refractivity contribution < 1.29 is 24.0 Å². The van der Waals surface area contributed by atoms with Gasteiger partial charge in [0.05, 0.1) is 6.04 Å². The molecule has 11 heteroatoms. The Balaban J connectivity index is 2.16. The van der Waals surface area contributed by atoms with Gasteiger partial charge in [-0.1, -0.05) is 81.2 Å². The van der Waals surface area contributed by atoms with Crippen molar-refractivity contribution in [2.75, 3.05) is 32.7 Å². The van der Waals surface area contributed by atoms with E-state index in [9.17, 15) is 24.0 Å². The second-order valence-corrected chi connectivity index (χ2v) is 16.1. The van der Waals surface area contributed by atoms with Crippen LogP contribution in [0.15, 0.2) is 12.7 Å². The highest BCUT2D eigenvalue weighted by Crippen LogP contribution is 2.31. The van der Waals surface area contributed by atoms with Gasteiger partial charge in [0.2, 0.25) is 17.6 Å². The van der Waals surface area contributed by atoms with Crippen LogP contribution in [0.2, 0.25) is 0 Å². The molecule has 4 atom stereocenters. The molecule has 262 valence electrons. The summed E-state index contributed by atoms with van der Waals surface area (Å²) in [5, 5.41) is 11.4. The molecular formula is C35H62N6O5. The Labute approximate surface area is 277 Å². The van der Waals surface area contributed by atoms with E-state index in [2.05, 4.69) is 67.4 Å². The number of ketones is 1. The maximum absolute atomic E-state index is 14.1. The molecule has 2 aliphatic rings. The number of unbranched alkanes of at least 4 members (excludes halogenated alkanes) is 1. The molecule has 11 nitrogen and oxygen atoms in total. The van der Waals surface area contributed by atoms with Crippen molar-refractivity contribution in [2.45, 2.75) is 131 Å². The molecule has 2 aliphatic heterocycles. The molecule has 0 radical (unpaired) electrons. The number of carbonyl (C=O) groups excluding carboxylic acids is 5. The van der Waals surface area contributed by atoms with E-state index in [1.165, 1.54) is 11.0 Å². The fourth-order valence-electron chi connectivity index (χ4n) is 5.94. The Morgan fingerprint density at radius 2 is 1.57 bits per heavy atom. The van der Waals surface area contributed by atoms with Crippen LogP contribution in [-0.4, -0.2) is 96.2 Å². The lowest BCUT2D eigenvalue weighted by atomic mass is 9.81. The van der Waals surface area contributed by atoms with Gasteiger partial charge in [0.25, 0.3) is 5.91 Å². The smallest absolute Gasteiger partial charge is 0.315 e. The van der Waals surface area contributed by atoms with Crippen molar-refractivity contribution in [3.63, 3.8) is 0 Å². The van der Waals surface area contributed by atoms with Gasteiger partial charge in [-0.2, -0.15) is 0 Å². The Morgan fingerprint density at radius 1 is 0.935 bits per heavy atom. The summed E-state index contributed by atoms with van der Waals surface area (Å²) in [4.78, 5) is 70.3. The summed E-state index contributed by atoms with van der Waals surface area (Å²) in [6, 6.07) is -3.24. The number of amides is 5. The highest BCUT2D eigenvalue weighted by atomic mass is 16.2. The third-order valence-electron chi connectivity index (χ3n) is 9.34. The van der Waals surface area contributed by atoms with Gasteiger partial charge in [-0.3, -0.25) is 19.2 Å². The topological polar surface area (TPSA) is 140 Å².